The number of nitrogens with one attached hydrogen (secondary N) is 1. The van der Waals surface area contributed by atoms with Gasteiger partial charge in [-0.2, -0.15) is 0 Å². The fourth-order valence-electron chi connectivity index (χ4n) is 1.94. The number of nitrogens with zero attached hydrogens (tertiary/aromatic N) is 3. The minimum Gasteiger partial charge on any atom is -0.326 e. The van der Waals surface area contributed by atoms with Crippen LogP contribution in [0.5, 0.6) is 0 Å². The molecule has 0 aliphatic rings. The molecule has 0 radical (unpaired) electrons. The van der Waals surface area contributed by atoms with E-state index in [1.807, 2.05) is 31.2 Å². The fourth-order valence-corrected chi connectivity index (χ4v) is 1.94. The predicted octanol–water partition coefficient (Wildman–Crippen LogP) is 2.48. The number of anilines is 3. The Bertz CT molecular complexity index is 504. The fraction of sp³-hybridized carbons (Fsp3) is 0.286. The van der Waals surface area contributed by atoms with Crippen LogP contribution in [0.25, 0.3) is 0 Å². The molecule has 0 fully saturated rings. The molecule has 19 heavy (non-hydrogen) atoms. The van der Waals surface area contributed by atoms with Gasteiger partial charge in [0.15, 0.2) is 0 Å². The van der Waals surface area contributed by atoms with Crippen LogP contribution in [0.1, 0.15) is 19.7 Å². The molecule has 0 aliphatic carbocycles. The second-order valence-corrected chi connectivity index (χ2v) is 4.11. The van der Waals surface area contributed by atoms with Crippen molar-refractivity contribution in [3.8, 4) is 0 Å². The van der Waals surface area contributed by atoms with Crippen LogP contribution in [0, 0.1) is 0 Å². The molecule has 2 aromatic rings. The number of hydrogen-bond acceptors (Lipinski definition) is 5. The summed E-state index contributed by atoms with van der Waals surface area (Å²) in [6, 6.07) is 12.0. The normalized spacial score (nSPS) is 10.3. The van der Waals surface area contributed by atoms with Gasteiger partial charge < -0.3 is 10.3 Å². The van der Waals surface area contributed by atoms with Gasteiger partial charge in [-0.3, -0.25) is 0 Å². The smallest absolute Gasteiger partial charge is 0.145 e. The number of para-hydroxylation sites is 1. The van der Waals surface area contributed by atoms with Crippen molar-refractivity contribution in [3.63, 3.8) is 0 Å². The summed E-state index contributed by atoms with van der Waals surface area (Å²) in [6.45, 7) is 4.95. The van der Waals surface area contributed by atoms with Crippen molar-refractivity contribution in [2.45, 2.75) is 20.3 Å². The standard InChI is InChI=1S/C14H19N5/c1-3-12-16-13(18-15)10-14(17-12)19(4-2)11-8-6-5-7-9-11/h5-10H,3-4,15H2,1-2H3,(H,16,17,18). The van der Waals surface area contributed by atoms with E-state index in [9.17, 15) is 0 Å². The van der Waals surface area contributed by atoms with Crippen LogP contribution in [0.2, 0.25) is 0 Å². The zero-order valence-corrected chi connectivity index (χ0v) is 11.3. The third kappa shape index (κ3) is 3.00. The van der Waals surface area contributed by atoms with Crippen molar-refractivity contribution in [2.75, 3.05) is 16.9 Å². The summed E-state index contributed by atoms with van der Waals surface area (Å²) in [5.41, 5.74) is 3.70. The number of hydrogen-bond donors (Lipinski definition) is 2. The molecule has 1 aromatic heterocycles. The molecule has 0 spiro atoms. The van der Waals surface area contributed by atoms with Crippen LogP contribution in [-0.4, -0.2) is 16.5 Å². The topological polar surface area (TPSA) is 67.1 Å². The first-order chi connectivity index (χ1) is 9.28. The maximum atomic E-state index is 5.46. The van der Waals surface area contributed by atoms with Crippen LogP contribution in [0.4, 0.5) is 17.3 Å². The summed E-state index contributed by atoms with van der Waals surface area (Å²) in [5, 5.41) is 0. The minimum atomic E-state index is 0.635. The Kier molecular flexibility index (Phi) is 4.30. The van der Waals surface area contributed by atoms with E-state index in [-0.39, 0.29) is 0 Å². The van der Waals surface area contributed by atoms with Gasteiger partial charge in [0.25, 0.3) is 0 Å². The maximum Gasteiger partial charge on any atom is 0.145 e. The minimum absolute atomic E-state index is 0.635. The Labute approximate surface area is 113 Å². The molecule has 0 saturated heterocycles. The van der Waals surface area contributed by atoms with Crippen molar-refractivity contribution in [2.24, 2.45) is 5.84 Å². The van der Waals surface area contributed by atoms with Gasteiger partial charge in [0.05, 0.1) is 0 Å². The molecule has 0 bridgehead atoms. The molecule has 5 nitrogen and oxygen atoms in total. The Hall–Kier alpha value is -2.14. The Morgan fingerprint density at radius 2 is 1.89 bits per heavy atom. The Morgan fingerprint density at radius 3 is 2.47 bits per heavy atom. The predicted molar refractivity (Wildman–Crippen MR) is 78.3 cm³/mol. The van der Waals surface area contributed by atoms with Crippen molar-refractivity contribution in [1.82, 2.24) is 9.97 Å². The molecule has 5 heteroatoms. The average molecular weight is 257 g/mol. The van der Waals surface area contributed by atoms with E-state index in [1.54, 1.807) is 0 Å². The summed E-state index contributed by atoms with van der Waals surface area (Å²) < 4.78 is 0. The van der Waals surface area contributed by atoms with Crippen LogP contribution in [-0.2, 0) is 6.42 Å². The molecular weight excluding hydrogens is 238 g/mol. The van der Waals surface area contributed by atoms with Gasteiger partial charge in [-0.25, -0.2) is 15.8 Å². The molecule has 0 atom stereocenters. The number of nitrogen functional groups attached to an aromatic ring is 1. The van der Waals surface area contributed by atoms with E-state index in [4.69, 9.17) is 5.84 Å². The Balaban J connectivity index is 2.43. The summed E-state index contributed by atoms with van der Waals surface area (Å²) in [6.07, 6.45) is 0.773. The second-order valence-electron chi connectivity index (χ2n) is 4.11. The third-order valence-corrected chi connectivity index (χ3v) is 2.88. The van der Waals surface area contributed by atoms with Crippen LogP contribution < -0.4 is 16.2 Å². The largest absolute Gasteiger partial charge is 0.326 e. The van der Waals surface area contributed by atoms with E-state index in [0.717, 1.165) is 30.3 Å². The molecule has 1 heterocycles. The third-order valence-electron chi connectivity index (χ3n) is 2.88. The van der Waals surface area contributed by atoms with Gasteiger partial charge in [-0.05, 0) is 19.1 Å². The van der Waals surface area contributed by atoms with E-state index in [1.165, 1.54) is 0 Å². The molecule has 3 N–H and O–H groups in total. The number of benzene rings is 1. The first kappa shape index (κ1) is 13.3. The zero-order chi connectivity index (χ0) is 13.7. The van der Waals surface area contributed by atoms with Gasteiger partial charge >= 0.3 is 0 Å². The number of rotatable bonds is 5. The molecule has 100 valence electrons. The maximum absolute atomic E-state index is 5.46. The lowest BCUT2D eigenvalue weighted by molar-refractivity contribution is 0.902. The molecule has 1 aromatic carbocycles. The highest BCUT2D eigenvalue weighted by atomic mass is 15.3. The number of aromatic nitrogens is 2. The SMILES string of the molecule is CCc1nc(NN)cc(N(CC)c2ccccc2)n1. The van der Waals surface area contributed by atoms with E-state index >= 15 is 0 Å². The van der Waals surface area contributed by atoms with E-state index in [0.29, 0.717) is 5.82 Å². The lowest BCUT2D eigenvalue weighted by atomic mass is 10.3. The van der Waals surface area contributed by atoms with E-state index < -0.39 is 0 Å². The van der Waals surface area contributed by atoms with Gasteiger partial charge in [0.1, 0.15) is 17.5 Å². The molecule has 0 saturated carbocycles. The highest BCUT2D eigenvalue weighted by Gasteiger charge is 2.11. The molecular formula is C14H19N5. The first-order valence-electron chi connectivity index (χ1n) is 6.45. The molecule has 0 unspecified atom stereocenters. The van der Waals surface area contributed by atoms with Gasteiger partial charge in [-0.15, -0.1) is 0 Å². The summed E-state index contributed by atoms with van der Waals surface area (Å²) in [5.74, 6) is 7.73. The monoisotopic (exact) mass is 257 g/mol. The molecule has 0 amide bonds. The van der Waals surface area contributed by atoms with Crippen molar-refractivity contribution in [1.29, 1.82) is 0 Å². The van der Waals surface area contributed by atoms with Crippen LogP contribution in [0.15, 0.2) is 36.4 Å². The number of hydrazine groups is 1. The number of nitrogens with two attached hydrogens (primary N) is 1. The summed E-state index contributed by atoms with van der Waals surface area (Å²) in [7, 11) is 0. The van der Waals surface area contributed by atoms with Gasteiger partial charge in [0, 0.05) is 24.7 Å². The van der Waals surface area contributed by atoms with Crippen molar-refractivity contribution >= 4 is 17.3 Å². The number of aryl methyl sites for hydroxylation is 1. The van der Waals surface area contributed by atoms with E-state index in [2.05, 4.69) is 39.4 Å². The van der Waals surface area contributed by atoms with Crippen molar-refractivity contribution < 1.29 is 0 Å². The van der Waals surface area contributed by atoms with Crippen LogP contribution >= 0.6 is 0 Å². The van der Waals surface area contributed by atoms with Gasteiger partial charge in [-0.1, -0.05) is 25.1 Å². The second kappa shape index (κ2) is 6.15. The summed E-state index contributed by atoms with van der Waals surface area (Å²) in [4.78, 5) is 11.0. The Morgan fingerprint density at radius 1 is 1.16 bits per heavy atom. The highest BCUT2D eigenvalue weighted by molar-refractivity contribution is 5.62. The van der Waals surface area contributed by atoms with Gasteiger partial charge in [0.2, 0.25) is 0 Å². The quantitative estimate of drug-likeness (QED) is 0.636. The van der Waals surface area contributed by atoms with Crippen molar-refractivity contribution in [3.05, 3.63) is 42.2 Å². The lowest BCUT2D eigenvalue weighted by Crippen LogP contribution is -2.19. The highest BCUT2D eigenvalue weighted by Crippen LogP contribution is 2.24. The molecule has 2 rings (SSSR count). The first-order valence-corrected chi connectivity index (χ1v) is 6.45. The van der Waals surface area contributed by atoms with Crippen LogP contribution in [0.3, 0.4) is 0 Å². The molecule has 0 aliphatic heterocycles. The summed E-state index contributed by atoms with van der Waals surface area (Å²) >= 11 is 0. The zero-order valence-electron chi connectivity index (χ0n) is 11.3. The average Bonchev–Trinajstić information content (AvgIpc) is 2.48. The lowest BCUT2D eigenvalue weighted by Gasteiger charge is -2.22.